The van der Waals surface area contributed by atoms with Crippen molar-refractivity contribution in [1.29, 1.82) is 0 Å². The average Bonchev–Trinajstić information content (AvgIpc) is 2.92. The number of fused-ring (bicyclic) bond motifs is 3. The number of likely N-dealkylation sites (N-methyl/N-ethyl adjacent to an activating group) is 1. The van der Waals surface area contributed by atoms with Gasteiger partial charge in [0.2, 0.25) is 11.9 Å². The van der Waals surface area contributed by atoms with Gasteiger partial charge in [0.15, 0.2) is 0 Å². The molecule has 0 saturated heterocycles. The van der Waals surface area contributed by atoms with Gasteiger partial charge in [0.05, 0.1) is 17.8 Å². The normalized spacial score (nSPS) is 13.2. The predicted octanol–water partition coefficient (Wildman–Crippen LogP) is 3.72. The molecule has 2 N–H and O–H groups in total. The minimum Gasteiger partial charge on any atom is -0.351 e. The Morgan fingerprint density at radius 2 is 1.83 bits per heavy atom. The number of hydrogen-bond donors (Lipinski definition) is 2. The van der Waals surface area contributed by atoms with E-state index in [1.807, 2.05) is 50.5 Å². The van der Waals surface area contributed by atoms with Crippen LogP contribution in [0.5, 0.6) is 0 Å². The van der Waals surface area contributed by atoms with Gasteiger partial charge in [-0.05, 0) is 49.8 Å². The Labute approximate surface area is 206 Å². The van der Waals surface area contributed by atoms with E-state index in [0.717, 1.165) is 34.7 Å². The number of rotatable bonds is 7. The van der Waals surface area contributed by atoms with Crippen LogP contribution in [0.3, 0.4) is 0 Å². The van der Waals surface area contributed by atoms with Crippen molar-refractivity contribution in [3.63, 3.8) is 0 Å². The summed E-state index contributed by atoms with van der Waals surface area (Å²) < 4.78 is 0. The molecule has 2 amide bonds. The fourth-order valence-corrected chi connectivity index (χ4v) is 4.38. The number of amides is 2. The smallest absolute Gasteiger partial charge is 0.251 e. The topological polar surface area (TPSA) is 90.5 Å². The Morgan fingerprint density at radius 3 is 2.54 bits per heavy atom. The SMILES string of the molecule is CN(C)CC(C)(C)CNC(=O)c1ccc(Nc2ncc3c(n2)-c2ccccc2N(C)C(=O)C3)cc1. The van der Waals surface area contributed by atoms with E-state index in [0.29, 0.717) is 18.1 Å². The molecule has 8 nitrogen and oxygen atoms in total. The lowest BCUT2D eigenvalue weighted by Crippen LogP contribution is -2.39. The molecular formula is C27H32N6O2. The van der Waals surface area contributed by atoms with Crippen LogP contribution in [0.1, 0.15) is 29.8 Å². The highest BCUT2D eigenvalue weighted by Gasteiger charge is 2.25. The number of nitrogens with zero attached hydrogens (tertiary/aromatic N) is 4. The number of carbonyl (C=O) groups excluding carboxylic acids is 2. The molecule has 0 saturated carbocycles. The highest BCUT2D eigenvalue weighted by Crippen LogP contribution is 2.35. The maximum atomic E-state index is 12.6. The summed E-state index contributed by atoms with van der Waals surface area (Å²) in [7, 11) is 5.83. The highest BCUT2D eigenvalue weighted by atomic mass is 16.2. The first-order valence-corrected chi connectivity index (χ1v) is 11.6. The molecule has 0 unspecified atom stereocenters. The maximum absolute atomic E-state index is 12.6. The maximum Gasteiger partial charge on any atom is 0.251 e. The summed E-state index contributed by atoms with van der Waals surface area (Å²) in [6.45, 7) is 5.73. The third kappa shape index (κ3) is 5.66. The predicted molar refractivity (Wildman–Crippen MR) is 139 cm³/mol. The molecule has 0 atom stereocenters. The number of para-hydroxylation sites is 1. The van der Waals surface area contributed by atoms with Crippen molar-refractivity contribution in [3.8, 4) is 11.3 Å². The van der Waals surface area contributed by atoms with Crippen LogP contribution in [0.2, 0.25) is 0 Å². The molecule has 2 aromatic carbocycles. The van der Waals surface area contributed by atoms with E-state index in [9.17, 15) is 9.59 Å². The van der Waals surface area contributed by atoms with Crippen molar-refractivity contribution >= 4 is 29.1 Å². The molecule has 35 heavy (non-hydrogen) atoms. The molecule has 1 aromatic heterocycles. The van der Waals surface area contributed by atoms with E-state index in [2.05, 4.69) is 34.4 Å². The Hall–Kier alpha value is -3.78. The summed E-state index contributed by atoms with van der Waals surface area (Å²) in [6, 6.07) is 15.0. The monoisotopic (exact) mass is 472 g/mol. The Morgan fingerprint density at radius 1 is 1.11 bits per heavy atom. The van der Waals surface area contributed by atoms with Gasteiger partial charge >= 0.3 is 0 Å². The number of aromatic nitrogens is 2. The van der Waals surface area contributed by atoms with E-state index < -0.39 is 0 Å². The molecule has 2 heterocycles. The van der Waals surface area contributed by atoms with Gasteiger partial charge in [-0.2, -0.15) is 0 Å². The van der Waals surface area contributed by atoms with Crippen molar-refractivity contribution in [1.82, 2.24) is 20.2 Å². The zero-order valence-electron chi connectivity index (χ0n) is 20.9. The second-order valence-corrected chi connectivity index (χ2v) is 10.0. The molecule has 0 spiro atoms. The molecule has 0 radical (unpaired) electrons. The number of anilines is 3. The van der Waals surface area contributed by atoms with Crippen LogP contribution >= 0.6 is 0 Å². The third-order valence-electron chi connectivity index (χ3n) is 5.98. The lowest BCUT2D eigenvalue weighted by atomic mass is 9.93. The standard InChI is InChI=1S/C27H32N6O2/c1-27(2,17-32(3)4)16-29-25(35)18-10-12-20(13-11-18)30-26-28-15-19-14-23(34)33(5)22-9-7-6-8-21(22)24(19)31-26/h6-13,15H,14,16-17H2,1-5H3,(H,29,35)(H,28,30,31). The van der Waals surface area contributed by atoms with Gasteiger partial charge in [-0.1, -0.05) is 32.0 Å². The van der Waals surface area contributed by atoms with Crippen LogP contribution in [0, 0.1) is 5.41 Å². The van der Waals surface area contributed by atoms with E-state index in [1.54, 1.807) is 30.3 Å². The zero-order chi connectivity index (χ0) is 25.2. The number of nitrogens with one attached hydrogen (secondary N) is 2. The fraction of sp³-hybridized carbons (Fsp3) is 0.333. The fourth-order valence-electron chi connectivity index (χ4n) is 4.38. The van der Waals surface area contributed by atoms with Crippen molar-refractivity contribution in [2.24, 2.45) is 5.41 Å². The Balaban J connectivity index is 1.48. The molecular weight excluding hydrogens is 440 g/mol. The van der Waals surface area contributed by atoms with Gasteiger partial charge in [0.1, 0.15) is 0 Å². The largest absolute Gasteiger partial charge is 0.351 e. The first-order chi connectivity index (χ1) is 16.6. The van der Waals surface area contributed by atoms with Crippen LogP contribution < -0.4 is 15.5 Å². The molecule has 0 aliphatic carbocycles. The molecule has 0 fully saturated rings. The van der Waals surface area contributed by atoms with Crippen LogP contribution in [0.25, 0.3) is 11.3 Å². The summed E-state index contributed by atoms with van der Waals surface area (Å²) in [5, 5.41) is 6.24. The summed E-state index contributed by atoms with van der Waals surface area (Å²) in [5.74, 6) is 0.327. The summed E-state index contributed by atoms with van der Waals surface area (Å²) >= 11 is 0. The van der Waals surface area contributed by atoms with Crippen LogP contribution in [0.15, 0.2) is 54.7 Å². The molecule has 8 heteroatoms. The molecule has 1 aliphatic rings. The lowest BCUT2D eigenvalue weighted by Gasteiger charge is -2.28. The number of carbonyl (C=O) groups is 2. The van der Waals surface area contributed by atoms with Crippen molar-refractivity contribution < 1.29 is 9.59 Å². The van der Waals surface area contributed by atoms with E-state index in [4.69, 9.17) is 4.98 Å². The molecule has 182 valence electrons. The average molecular weight is 473 g/mol. The molecule has 0 bridgehead atoms. The van der Waals surface area contributed by atoms with E-state index >= 15 is 0 Å². The molecule has 3 aromatic rings. The van der Waals surface area contributed by atoms with Crippen molar-refractivity contribution in [2.45, 2.75) is 20.3 Å². The van der Waals surface area contributed by atoms with Gasteiger partial charge in [0, 0.05) is 48.7 Å². The third-order valence-corrected chi connectivity index (χ3v) is 5.98. The quantitative estimate of drug-likeness (QED) is 0.545. The number of benzene rings is 2. The van der Waals surface area contributed by atoms with Gasteiger partial charge < -0.3 is 20.4 Å². The second kappa shape index (κ2) is 9.84. The van der Waals surface area contributed by atoms with Crippen molar-refractivity contribution in [2.75, 3.05) is 44.4 Å². The van der Waals surface area contributed by atoms with Crippen molar-refractivity contribution in [3.05, 3.63) is 65.9 Å². The van der Waals surface area contributed by atoms with Gasteiger partial charge in [0.25, 0.3) is 5.91 Å². The van der Waals surface area contributed by atoms with Crippen LogP contribution in [-0.4, -0.2) is 60.9 Å². The van der Waals surface area contributed by atoms with Gasteiger partial charge in [-0.15, -0.1) is 0 Å². The number of hydrogen-bond acceptors (Lipinski definition) is 6. The summed E-state index contributed by atoms with van der Waals surface area (Å²) in [5.41, 5.74) is 4.59. The van der Waals surface area contributed by atoms with Crippen LogP contribution in [-0.2, 0) is 11.2 Å². The first kappa shape index (κ1) is 24.3. The van der Waals surface area contributed by atoms with E-state index in [-0.39, 0.29) is 23.7 Å². The highest BCUT2D eigenvalue weighted by molar-refractivity contribution is 6.01. The molecule has 4 rings (SSSR count). The van der Waals surface area contributed by atoms with E-state index in [1.165, 1.54) is 0 Å². The molecule has 1 aliphatic heterocycles. The summed E-state index contributed by atoms with van der Waals surface area (Å²) in [4.78, 5) is 38.1. The zero-order valence-corrected chi connectivity index (χ0v) is 20.9. The minimum absolute atomic E-state index is 0.000485. The lowest BCUT2D eigenvalue weighted by molar-refractivity contribution is -0.117. The van der Waals surface area contributed by atoms with Crippen LogP contribution in [0.4, 0.5) is 17.3 Å². The van der Waals surface area contributed by atoms with Gasteiger partial charge in [-0.25, -0.2) is 9.97 Å². The van der Waals surface area contributed by atoms with Gasteiger partial charge in [-0.3, -0.25) is 9.59 Å². The summed E-state index contributed by atoms with van der Waals surface area (Å²) in [6.07, 6.45) is 1.95. The Kier molecular flexibility index (Phi) is 6.84. The minimum atomic E-state index is -0.102. The Bertz CT molecular complexity index is 1240. The first-order valence-electron chi connectivity index (χ1n) is 11.6. The second-order valence-electron chi connectivity index (χ2n) is 10.0.